The van der Waals surface area contributed by atoms with Gasteiger partial charge in [0.25, 0.3) is 0 Å². The lowest BCUT2D eigenvalue weighted by Crippen LogP contribution is -2.63. The van der Waals surface area contributed by atoms with Crippen molar-refractivity contribution in [3.63, 3.8) is 0 Å². The third-order valence-electron chi connectivity index (χ3n) is 14.8. The van der Waals surface area contributed by atoms with Gasteiger partial charge in [0.15, 0.2) is 0 Å². The molecule has 0 heteroatoms. The highest BCUT2D eigenvalue weighted by molar-refractivity contribution is 5.42. The minimum Gasteiger partial charge on any atom is -0.0845 e. The summed E-state index contributed by atoms with van der Waals surface area (Å²) in [6.07, 6.45) is 16.7. The maximum absolute atomic E-state index is 2.77. The number of rotatable bonds is 1. The summed E-state index contributed by atoms with van der Waals surface area (Å²) in [6.45, 7) is 28.7. The second-order valence-electron chi connectivity index (χ2n) is 16.2. The summed E-state index contributed by atoms with van der Waals surface area (Å²) in [4.78, 5) is 0. The van der Waals surface area contributed by atoms with Gasteiger partial charge in [-0.05, 0) is 121 Å². The van der Waals surface area contributed by atoms with Crippen LogP contribution in [0.3, 0.4) is 0 Å². The van der Waals surface area contributed by atoms with Crippen molar-refractivity contribution in [1.82, 2.24) is 0 Å². The standard InChI is InChI=1S/C34H56/c1-12-34-21-19-28(3,4)30(7,8)27(34)24-13-14-26-31(9)17-15-23(2)29(5,6)25(31)16-18-33(26,11)32(24,10)20-22-34/h15,25-26H,12-14,16-22H2,1-11H3. The van der Waals surface area contributed by atoms with Gasteiger partial charge in [-0.2, -0.15) is 0 Å². The summed E-state index contributed by atoms with van der Waals surface area (Å²) < 4.78 is 0. The van der Waals surface area contributed by atoms with E-state index >= 15 is 0 Å². The third-order valence-corrected chi connectivity index (χ3v) is 14.8. The van der Waals surface area contributed by atoms with E-state index in [0.29, 0.717) is 37.9 Å². The van der Waals surface area contributed by atoms with E-state index in [1.54, 1.807) is 5.57 Å². The van der Waals surface area contributed by atoms with Gasteiger partial charge in [-0.25, -0.2) is 0 Å². The van der Waals surface area contributed by atoms with E-state index < -0.39 is 0 Å². The molecule has 5 aliphatic rings. The van der Waals surface area contributed by atoms with Gasteiger partial charge in [0.2, 0.25) is 0 Å². The molecule has 3 saturated carbocycles. The fourth-order valence-electron chi connectivity index (χ4n) is 11.3. The van der Waals surface area contributed by atoms with Crippen molar-refractivity contribution in [2.75, 3.05) is 0 Å². The second-order valence-corrected chi connectivity index (χ2v) is 16.2. The fourth-order valence-corrected chi connectivity index (χ4v) is 11.3. The summed E-state index contributed by atoms with van der Waals surface area (Å²) in [7, 11) is 0. The lowest BCUT2D eigenvalue weighted by Gasteiger charge is -2.71. The normalized spacial score (nSPS) is 48.7. The van der Waals surface area contributed by atoms with E-state index in [4.69, 9.17) is 0 Å². The first-order chi connectivity index (χ1) is 15.5. The molecule has 0 saturated heterocycles. The Hall–Kier alpha value is -0.520. The van der Waals surface area contributed by atoms with E-state index in [2.05, 4.69) is 82.2 Å². The van der Waals surface area contributed by atoms with E-state index in [1.807, 2.05) is 11.1 Å². The van der Waals surface area contributed by atoms with Gasteiger partial charge in [-0.15, -0.1) is 0 Å². The molecule has 5 rings (SSSR count). The van der Waals surface area contributed by atoms with Gasteiger partial charge in [0, 0.05) is 0 Å². The molecule has 0 spiro atoms. The molecule has 6 atom stereocenters. The minimum absolute atomic E-state index is 0.301. The van der Waals surface area contributed by atoms with Gasteiger partial charge in [0.05, 0.1) is 0 Å². The highest BCUT2D eigenvalue weighted by Gasteiger charge is 2.67. The predicted octanol–water partition coefficient (Wildman–Crippen LogP) is 10.5. The van der Waals surface area contributed by atoms with Gasteiger partial charge in [-0.3, -0.25) is 0 Å². The molecule has 34 heavy (non-hydrogen) atoms. The van der Waals surface area contributed by atoms with Gasteiger partial charge in [0.1, 0.15) is 0 Å². The third kappa shape index (κ3) is 2.73. The molecule has 0 aromatic carbocycles. The Morgan fingerprint density at radius 1 is 0.794 bits per heavy atom. The van der Waals surface area contributed by atoms with Crippen LogP contribution >= 0.6 is 0 Å². The SMILES string of the molecule is CCC12CCC(C)(C)C(C)(C)C1=C1CCC3C4(C)CC=C(C)C(C)(C)C4CCC3(C)C1(C)CC2. The Kier molecular flexibility index (Phi) is 5.23. The Balaban J connectivity index is 1.67. The maximum atomic E-state index is 2.77. The van der Waals surface area contributed by atoms with Gasteiger partial charge < -0.3 is 0 Å². The first-order valence-corrected chi connectivity index (χ1v) is 15.0. The topological polar surface area (TPSA) is 0 Å². The highest BCUT2D eigenvalue weighted by Crippen LogP contribution is 2.77. The lowest BCUT2D eigenvalue weighted by molar-refractivity contribution is -0.164. The van der Waals surface area contributed by atoms with Crippen LogP contribution in [0.1, 0.15) is 140 Å². The average Bonchev–Trinajstić information content (AvgIpc) is 2.74. The van der Waals surface area contributed by atoms with E-state index in [9.17, 15) is 0 Å². The fraction of sp³-hybridized carbons (Fsp3) is 0.882. The van der Waals surface area contributed by atoms with Crippen LogP contribution < -0.4 is 0 Å². The molecule has 0 radical (unpaired) electrons. The molecule has 5 aliphatic carbocycles. The zero-order valence-corrected chi connectivity index (χ0v) is 24.8. The Morgan fingerprint density at radius 2 is 1.44 bits per heavy atom. The zero-order chi connectivity index (χ0) is 25.2. The number of hydrogen-bond acceptors (Lipinski definition) is 0. The largest absolute Gasteiger partial charge is 0.0845 e. The Labute approximate surface area is 212 Å². The molecule has 0 amide bonds. The van der Waals surface area contributed by atoms with Crippen LogP contribution in [0.5, 0.6) is 0 Å². The zero-order valence-electron chi connectivity index (χ0n) is 24.8. The van der Waals surface area contributed by atoms with Crippen LogP contribution in [0.4, 0.5) is 0 Å². The Bertz CT molecular complexity index is 939. The van der Waals surface area contributed by atoms with Crippen molar-refractivity contribution < 1.29 is 0 Å². The number of allylic oxidation sites excluding steroid dienone is 4. The summed E-state index contributed by atoms with van der Waals surface area (Å²) in [5.74, 6) is 1.69. The van der Waals surface area contributed by atoms with Crippen LogP contribution in [-0.2, 0) is 0 Å². The first kappa shape index (κ1) is 25.1. The highest BCUT2D eigenvalue weighted by atomic mass is 14.7. The van der Waals surface area contributed by atoms with Crippen molar-refractivity contribution in [1.29, 1.82) is 0 Å². The van der Waals surface area contributed by atoms with Crippen LogP contribution in [0.15, 0.2) is 22.8 Å². The predicted molar refractivity (Wildman–Crippen MR) is 148 cm³/mol. The molecule has 0 bridgehead atoms. The van der Waals surface area contributed by atoms with Crippen molar-refractivity contribution >= 4 is 0 Å². The molecule has 192 valence electrons. The monoisotopic (exact) mass is 464 g/mol. The molecular formula is C34H56. The summed E-state index contributed by atoms with van der Waals surface area (Å²) in [6, 6.07) is 0. The van der Waals surface area contributed by atoms with Gasteiger partial charge >= 0.3 is 0 Å². The number of fused-ring (bicyclic) bond motifs is 6. The van der Waals surface area contributed by atoms with Crippen molar-refractivity contribution in [2.45, 2.75) is 140 Å². The molecule has 0 aromatic heterocycles. The van der Waals surface area contributed by atoms with Crippen LogP contribution in [0, 0.1) is 49.7 Å². The second kappa shape index (κ2) is 7.07. The molecule has 0 aliphatic heterocycles. The van der Waals surface area contributed by atoms with Gasteiger partial charge in [-0.1, -0.05) is 92.0 Å². The summed E-state index contributed by atoms with van der Waals surface area (Å²) in [5, 5.41) is 0. The first-order valence-electron chi connectivity index (χ1n) is 15.0. The van der Waals surface area contributed by atoms with E-state index in [0.717, 1.165) is 11.8 Å². The lowest BCUT2D eigenvalue weighted by atomic mass is 9.33. The molecule has 3 fully saturated rings. The molecule has 0 heterocycles. The van der Waals surface area contributed by atoms with E-state index in [-0.39, 0.29) is 0 Å². The molecule has 6 unspecified atom stereocenters. The van der Waals surface area contributed by atoms with Crippen LogP contribution in [-0.4, -0.2) is 0 Å². The minimum atomic E-state index is 0.301. The average molecular weight is 465 g/mol. The molecule has 0 nitrogen and oxygen atoms in total. The molecule has 0 aromatic rings. The smallest absolute Gasteiger partial charge is 0.00564 e. The van der Waals surface area contributed by atoms with Crippen LogP contribution in [0.2, 0.25) is 0 Å². The quantitative estimate of drug-likeness (QED) is 0.338. The van der Waals surface area contributed by atoms with Crippen LogP contribution in [0.25, 0.3) is 0 Å². The summed E-state index contributed by atoms with van der Waals surface area (Å²) >= 11 is 0. The maximum Gasteiger partial charge on any atom is -0.00564 e. The van der Waals surface area contributed by atoms with Crippen molar-refractivity contribution in [2.24, 2.45) is 49.7 Å². The van der Waals surface area contributed by atoms with Crippen molar-refractivity contribution in [3.8, 4) is 0 Å². The molecule has 0 N–H and O–H groups in total. The summed E-state index contributed by atoms with van der Waals surface area (Å²) in [5.41, 5.74) is 8.36. The molecular weight excluding hydrogens is 408 g/mol. The Morgan fingerprint density at radius 3 is 2.09 bits per heavy atom. The van der Waals surface area contributed by atoms with Crippen molar-refractivity contribution in [3.05, 3.63) is 22.8 Å². The number of hydrogen-bond donors (Lipinski definition) is 0. The van der Waals surface area contributed by atoms with E-state index in [1.165, 1.54) is 64.2 Å².